The van der Waals surface area contributed by atoms with Crippen LogP contribution in [0.3, 0.4) is 0 Å². The minimum atomic E-state index is -1.04. The van der Waals surface area contributed by atoms with E-state index in [2.05, 4.69) is 4.99 Å². The summed E-state index contributed by atoms with van der Waals surface area (Å²) in [6.07, 6.45) is 0.285. The van der Waals surface area contributed by atoms with Gasteiger partial charge in [-0.05, 0) is 40.6 Å². The number of ether oxygens (including phenoxy) is 1. The molecule has 0 aliphatic carbocycles. The topological polar surface area (TPSA) is 108 Å². The van der Waals surface area contributed by atoms with Gasteiger partial charge < -0.3 is 25.8 Å². The Bertz CT molecular complexity index is 848. The molecule has 6 nitrogen and oxygen atoms in total. The van der Waals surface area contributed by atoms with E-state index in [-0.39, 0.29) is 13.0 Å². The number of hydrogen-bond acceptors (Lipinski definition) is 6. The molecule has 1 fully saturated rings. The number of benzene rings is 2. The highest BCUT2D eigenvalue weighted by Crippen LogP contribution is 2.34. The number of aliphatic hydroxyl groups is 3. The second kappa shape index (κ2) is 9.12. The summed E-state index contributed by atoms with van der Waals surface area (Å²) in [6, 6.07) is 15.6. The Labute approximate surface area is 164 Å². The van der Waals surface area contributed by atoms with Crippen molar-refractivity contribution in [3.05, 3.63) is 71.9 Å². The maximum atomic E-state index is 10.4. The molecule has 148 valence electrons. The van der Waals surface area contributed by atoms with E-state index >= 15 is 0 Å². The van der Waals surface area contributed by atoms with Crippen LogP contribution in [-0.4, -0.2) is 53.0 Å². The number of nitrogens with two attached hydrogens (primary N) is 1. The van der Waals surface area contributed by atoms with Crippen LogP contribution in [0.15, 0.2) is 65.8 Å². The first-order valence-electron chi connectivity index (χ1n) is 9.25. The number of nitrogens with zero attached hydrogens (tertiary/aromatic N) is 1. The zero-order valence-electron chi connectivity index (χ0n) is 15.8. The monoisotopic (exact) mass is 382 g/mol. The van der Waals surface area contributed by atoms with Gasteiger partial charge in [-0.2, -0.15) is 0 Å². The summed E-state index contributed by atoms with van der Waals surface area (Å²) in [4.78, 5) is 4.22. The molecule has 2 aromatic carbocycles. The van der Waals surface area contributed by atoms with Crippen molar-refractivity contribution in [2.75, 3.05) is 13.7 Å². The first-order chi connectivity index (χ1) is 13.6. The molecule has 28 heavy (non-hydrogen) atoms. The summed E-state index contributed by atoms with van der Waals surface area (Å²) in [7, 11) is 1.72. The lowest BCUT2D eigenvalue weighted by molar-refractivity contribution is -0.179. The summed E-state index contributed by atoms with van der Waals surface area (Å²) in [5.41, 5.74) is 9.95. The van der Waals surface area contributed by atoms with E-state index < -0.39 is 24.4 Å². The second-order valence-corrected chi connectivity index (χ2v) is 6.83. The van der Waals surface area contributed by atoms with Crippen LogP contribution in [-0.2, 0) is 4.74 Å². The van der Waals surface area contributed by atoms with E-state index in [0.717, 1.165) is 28.0 Å². The molecule has 0 amide bonds. The predicted octanol–water partition coefficient (Wildman–Crippen LogP) is 1.79. The molecule has 1 saturated heterocycles. The van der Waals surface area contributed by atoms with Crippen LogP contribution < -0.4 is 5.73 Å². The van der Waals surface area contributed by atoms with Crippen molar-refractivity contribution < 1.29 is 20.1 Å². The van der Waals surface area contributed by atoms with Crippen molar-refractivity contribution in [2.24, 2.45) is 10.7 Å². The van der Waals surface area contributed by atoms with Crippen LogP contribution in [0.2, 0.25) is 0 Å². The van der Waals surface area contributed by atoms with Crippen LogP contribution in [0.5, 0.6) is 0 Å². The number of allylic oxidation sites excluding steroid dienone is 1. The SMILES string of the molecule is CN=C(/C=C\N)c1ccc(-c2cccc([C@H]3OC(CO)CC(O)C3O)c2)cc1. The fourth-order valence-electron chi connectivity index (χ4n) is 3.47. The number of hydrogen-bond donors (Lipinski definition) is 4. The molecule has 3 unspecified atom stereocenters. The van der Waals surface area contributed by atoms with Crippen molar-refractivity contribution in [3.63, 3.8) is 0 Å². The van der Waals surface area contributed by atoms with Crippen LogP contribution in [0, 0.1) is 0 Å². The summed E-state index contributed by atoms with van der Waals surface area (Å²) in [5.74, 6) is 0. The van der Waals surface area contributed by atoms with Gasteiger partial charge in [0.1, 0.15) is 12.2 Å². The lowest BCUT2D eigenvalue weighted by atomic mass is 9.91. The Balaban J connectivity index is 1.87. The lowest BCUT2D eigenvalue weighted by Crippen LogP contribution is -2.44. The van der Waals surface area contributed by atoms with Gasteiger partial charge in [-0.25, -0.2) is 0 Å². The maximum absolute atomic E-state index is 10.4. The molecule has 1 heterocycles. The molecule has 1 aliphatic heterocycles. The van der Waals surface area contributed by atoms with E-state index in [1.54, 1.807) is 13.1 Å². The highest BCUT2D eigenvalue weighted by atomic mass is 16.5. The van der Waals surface area contributed by atoms with E-state index in [9.17, 15) is 15.3 Å². The minimum absolute atomic E-state index is 0.194. The first-order valence-corrected chi connectivity index (χ1v) is 9.25. The van der Waals surface area contributed by atoms with Crippen molar-refractivity contribution in [1.29, 1.82) is 0 Å². The third kappa shape index (κ3) is 4.31. The number of aliphatic imine (C=N–C) groups is 1. The molecule has 0 radical (unpaired) electrons. The van der Waals surface area contributed by atoms with Crippen LogP contribution >= 0.6 is 0 Å². The van der Waals surface area contributed by atoms with Crippen LogP contribution in [0.4, 0.5) is 0 Å². The number of rotatable bonds is 5. The van der Waals surface area contributed by atoms with Crippen LogP contribution in [0.1, 0.15) is 23.7 Å². The molecule has 3 rings (SSSR count). The standard InChI is InChI=1S/C22H26N2O4/c1-24-19(9-10-23)15-7-5-14(6-8-15)16-3-2-4-17(11-16)22-21(27)20(26)12-18(13-25)28-22/h2-11,18,20-22,25-27H,12-13,23H2,1H3/b10-9-,24-19?/t18?,20?,21?,22-/m1/s1. The van der Waals surface area contributed by atoms with Gasteiger partial charge in [-0.1, -0.05) is 42.5 Å². The molecular weight excluding hydrogens is 356 g/mol. The molecule has 0 aromatic heterocycles. The fraction of sp³-hybridized carbons (Fsp3) is 0.318. The Morgan fingerprint density at radius 3 is 2.57 bits per heavy atom. The first kappa shape index (κ1) is 20.2. The van der Waals surface area contributed by atoms with Gasteiger partial charge in [0, 0.05) is 13.5 Å². The van der Waals surface area contributed by atoms with E-state index in [4.69, 9.17) is 10.5 Å². The van der Waals surface area contributed by atoms with Crippen molar-refractivity contribution in [2.45, 2.75) is 30.8 Å². The maximum Gasteiger partial charge on any atom is 0.111 e. The highest BCUT2D eigenvalue weighted by molar-refractivity contribution is 6.08. The third-order valence-electron chi connectivity index (χ3n) is 4.98. The Morgan fingerprint density at radius 2 is 1.93 bits per heavy atom. The van der Waals surface area contributed by atoms with Gasteiger partial charge in [0.15, 0.2) is 0 Å². The molecule has 5 N–H and O–H groups in total. The predicted molar refractivity (Wildman–Crippen MR) is 109 cm³/mol. The van der Waals surface area contributed by atoms with Gasteiger partial charge in [0.25, 0.3) is 0 Å². The summed E-state index contributed by atoms with van der Waals surface area (Å²) >= 11 is 0. The summed E-state index contributed by atoms with van der Waals surface area (Å²) < 4.78 is 5.79. The Kier molecular flexibility index (Phi) is 6.59. The zero-order valence-corrected chi connectivity index (χ0v) is 15.8. The van der Waals surface area contributed by atoms with E-state index in [0.29, 0.717) is 0 Å². The van der Waals surface area contributed by atoms with Gasteiger partial charge in [0.05, 0.1) is 24.5 Å². The Hall–Kier alpha value is -2.51. The minimum Gasteiger partial charge on any atom is -0.405 e. The van der Waals surface area contributed by atoms with E-state index in [1.165, 1.54) is 6.20 Å². The molecule has 0 spiro atoms. The highest BCUT2D eigenvalue weighted by Gasteiger charge is 2.37. The molecule has 6 heteroatoms. The molecule has 4 atom stereocenters. The van der Waals surface area contributed by atoms with Crippen molar-refractivity contribution >= 4 is 5.71 Å². The quantitative estimate of drug-likeness (QED) is 0.590. The van der Waals surface area contributed by atoms with Gasteiger partial charge in [0.2, 0.25) is 0 Å². The summed E-state index contributed by atoms with van der Waals surface area (Å²) in [6.45, 7) is -0.194. The zero-order chi connectivity index (χ0) is 20.1. The average Bonchev–Trinajstić information content (AvgIpc) is 2.74. The fourth-order valence-corrected chi connectivity index (χ4v) is 3.47. The van der Waals surface area contributed by atoms with E-state index in [1.807, 2.05) is 48.5 Å². The summed E-state index contributed by atoms with van der Waals surface area (Å²) in [5, 5.41) is 29.8. The van der Waals surface area contributed by atoms with Gasteiger partial charge in [-0.3, -0.25) is 4.99 Å². The molecule has 0 saturated carbocycles. The molecule has 1 aliphatic rings. The number of aliphatic hydroxyl groups excluding tert-OH is 3. The van der Waals surface area contributed by atoms with Crippen molar-refractivity contribution in [3.8, 4) is 11.1 Å². The largest absolute Gasteiger partial charge is 0.405 e. The third-order valence-corrected chi connectivity index (χ3v) is 4.98. The average molecular weight is 382 g/mol. The molecular formula is C22H26N2O4. The second-order valence-electron chi connectivity index (χ2n) is 6.83. The lowest BCUT2D eigenvalue weighted by Gasteiger charge is -2.37. The van der Waals surface area contributed by atoms with Crippen molar-refractivity contribution in [1.82, 2.24) is 0 Å². The Morgan fingerprint density at radius 1 is 1.18 bits per heavy atom. The van der Waals surface area contributed by atoms with Crippen LogP contribution in [0.25, 0.3) is 11.1 Å². The normalized spacial score (nSPS) is 25.9. The molecule has 0 bridgehead atoms. The van der Waals surface area contributed by atoms with Gasteiger partial charge in [-0.15, -0.1) is 0 Å². The smallest absolute Gasteiger partial charge is 0.111 e. The van der Waals surface area contributed by atoms with Gasteiger partial charge >= 0.3 is 0 Å². The molecule has 2 aromatic rings.